The third-order valence-electron chi connectivity index (χ3n) is 3.88. The van der Waals surface area contributed by atoms with E-state index in [0.29, 0.717) is 11.3 Å². The number of nitrogens with zero attached hydrogens (tertiary/aromatic N) is 1. The van der Waals surface area contributed by atoms with Crippen LogP contribution in [0.1, 0.15) is 11.1 Å². The molecule has 0 saturated heterocycles. The SMILES string of the molecule is N#Cc1ccc(CCSc2cccc(NS(=O)(=O)c3ccccc3)c2)cc1. The average molecular weight is 395 g/mol. The van der Waals surface area contributed by atoms with Crippen molar-refractivity contribution in [2.75, 3.05) is 10.5 Å². The van der Waals surface area contributed by atoms with Crippen LogP contribution in [0.3, 0.4) is 0 Å². The van der Waals surface area contributed by atoms with Crippen molar-refractivity contribution in [3.63, 3.8) is 0 Å². The molecular formula is C21H18N2O2S2. The molecule has 3 aromatic carbocycles. The lowest BCUT2D eigenvalue weighted by atomic mass is 10.1. The number of hydrogen-bond donors (Lipinski definition) is 1. The highest BCUT2D eigenvalue weighted by atomic mass is 32.2. The van der Waals surface area contributed by atoms with Crippen LogP contribution in [0.15, 0.2) is 88.7 Å². The summed E-state index contributed by atoms with van der Waals surface area (Å²) in [5.41, 5.74) is 2.37. The number of thioether (sulfide) groups is 1. The van der Waals surface area contributed by atoms with E-state index in [0.717, 1.165) is 17.1 Å². The Morgan fingerprint density at radius 2 is 1.67 bits per heavy atom. The van der Waals surface area contributed by atoms with E-state index < -0.39 is 10.0 Å². The molecule has 0 aliphatic rings. The molecule has 0 heterocycles. The van der Waals surface area contributed by atoms with Crippen LogP contribution in [-0.4, -0.2) is 14.2 Å². The van der Waals surface area contributed by atoms with Crippen molar-refractivity contribution in [2.24, 2.45) is 0 Å². The number of nitrogens with one attached hydrogen (secondary N) is 1. The maximum Gasteiger partial charge on any atom is 0.261 e. The summed E-state index contributed by atoms with van der Waals surface area (Å²) in [5, 5.41) is 8.83. The Morgan fingerprint density at radius 3 is 2.37 bits per heavy atom. The van der Waals surface area contributed by atoms with Gasteiger partial charge in [-0.15, -0.1) is 11.8 Å². The van der Waals surface area contributed by atoms with Crippen LogP contribution in [0.5, 0.6) is 0 Å². The number of hydrogen-bond acceptors (Lipinski definition) is 4. The minimum Gasteiger partial charge on any atom is -0.280 e. The van der Waals surface area contributed by atoms with E-state index in [9.17, 15) is 8.42 Å². The zero-order chi connectivity index (χ0) is 19.1. The second-order valence-electron chi connectivity index (χ2n) is 5.85. The lowest BCUT2D eigenvalue weighted by Crippen LogP contribution is -2.12. The van der Waals surface area contributed by atoms with Crippen molar-refractivity contribution in [2.45, 2.75) is 16.2 Å². The Labute approximate surface area is 163 Å². The quantitative estimate of drug-likeness (QED) is 0.590. The Hall–Kier alpha value is -2.75. The summed E-state index contributed by atoms with van der Waals surface area (Å²) in [6.07, 6.45) is 0.871. The second kappa shape index (κ2) is 8.76. The first-order valence-corrected chi connectivity index (χ1v) is 10.8. The molecule has 0 bridgehead atoms. The molecule has 27 heavy (non-hydrogen) atoms. The second-order valence-corrected chi connectivity index (χ2v) is 8.70. The zero-order valence-electron chi connectivity index (χ0n) is 14.5. The lowest BCUT2D eigenvalue weighted by Gasteiger charge is -2.09. The molecule has 4 nitrogen and oxygen atoms in total. The van der Waals surface area contributed by atoms with Gasteiger partial charge in [0.2, 0.25) is 0 Å². The molecule has 6 heteroatoms. The molecule has 3 aromatic rings. The highest BCUT2D eigenvalue weighted by Gasteiger charge is 2.13. The predicted octanol–water partition coefficient (Wildman–Crippen LogP) is 4.69. The highest BCUT2D eigenvalue weighted by molar-refractivity contribution is 7.99. The van der Waals surface area contributed by atoms with E-state index in [-0.39, 0.29) is 4.90 Å². The minimum atomic E-state index is -3.59. The topological polar surface area (TPSA) is 70.0 Å². The van der Waals surface area contributed by atoms with E-state index in [4.69, 9.17) is 5.26 Å². The van der Waals surface area contributed by atoms with E-state index in [1.54, 1.807) is 48.2 Å². The number of benzene rings is 3. The maximum atomic E-state index is 12.4. The number of rotatable bonds is 7. The van der Waals surface area contributed by atoms with Gasteiger partial charge in [-0.3, -0.25) is 4.72 Å². The molecule has 0 radical (unpaired) electrons. The number of sulfonamides is 1. The normalized spacial score (nSPS) is 10.9. The Balaban J connectivity index is 1.61. The average Bonchev–Trinajstić information content (AvgIpc) is 2.69. The van der Waals surface area contributed by atoms with Crippen LogP contribution in [0.4, 0.5) is 5.69 Å². The lowest BCUT2D eigenvalue weighted by molar-refractivity contribution is 0.601. The summed E-state index contributed by atoms with van der Waals surface area (Å²) in [6.45, 7) is 0. The Bertz CT molecular complexity index is 1040. The first-order chi connectivity index (χ1) is 13.1. The molecule has 0 aliphatic heterocycles. The van der Waals surface area contributed by atoms with Gasteiger partial charge in [-0.2, -0.15) is 5.26 Å². The highest BCUT2D eigenvalue weighted by Crippen LogP contribution is 2.24. The largest absolute Gasteiger partial charge is 0.280 e. The molecule has 3 rings (SSSR count). The number of anilines is 1. The molecule has 0 atom stereocenters. The van der Waals surface area contributed by atoms with E-state index in [1.807, 2.05) is 42.5 Å². The van der Waals surface area contributed by atoms with Crippen molar-refractivity contribution in [3.8, 4) is 6.07 Å². The fourth-order valence-corrected chi connectivity index (χ4v) is 4.52. The van der Waals surface area contributed by atoms with Gasteiger partial charge in [0.15, 0.2) is 0 Å². The van der Waals surface area contributed by atoms with Gasteiger partial charge in [0, 0.05) is 16.3 Å². The monoisotopic (exact) mass is 394 g/mol. The van der Waals surface area contributed by atoms with Gasteiger partial charge in [-0.1, -0.05) is 36.4 Å². The Kier molecular flexibility index (Phi) is 6.17. The van der Waals surface area contributed by atoms with Gasteiger partial charge in [-0.25, -0.2) is 8.42 Å². The van der Waals surface area contributed by atoms with Crippen LogP contribution < -0.4 is 4.72 Å². The van der Waals surface area contributed by atoms with Crippen LogP contribution in [-0.2, 0) is 16.4 Å². The summed E-state index contributed by atoms with van der Waals surface area (Å²) < 4.78 is 27.5. The smallest absolute Gasteiger partial charge is 0.261 e. The van der Waals surface area contributed by atoms with Gasteiger partial charge >= 0.3 is 0 Å². The molecule has 0 unspecified atom stereocenters. The standard InChI is InChI=1S/C21H18N2O2S2/c22-16-18-11-9-17(10-12-18)13-14-26-20-6-4-5-19(15-20)23-27(24,25)21-7-2-1-3-8-21/h1-12,15,23H,13-14H2. The third kappa shape index (κ3) is 5.36. The van der Waals surface area contributed by atoms with Gasteiger partial charge < -0.3 is 0 Å². The summed E-state index contributed by atoms with van der Waals surface area (Å²) in [5.74, 6) is 0.862. The first-order valence-electron chi connectivity index (χ1n) is 8.36. The molecule has 0 aliphatic carbocycles. The minimum absolute atomic E-state index is 0.240. The predicted molar refractivity (Wildman–Crippen MR) is 109 cm³/mol. The zero-order valence-corrected chi connectivity index (χ0v) is 16.1. The van der Waals surface area contributed by atoms with Crippen LogP contribution in [0, 0.1) is 11.3 Å². The van der Waals surface area contributed by atoms with Crippen LogP contribution in [0.2, 0.25) is 0 Å². The number of nitriles is 1. The third-order valence-corrected chi connectivity index (χ3v) is 6.27. The molecule has 0 saturated carbocycles. The fraction of sp³-hybridized carbons (Fsp3) is 0.0952. The first kappa shape index (κ1) is 19.0. The summed E-state index contributed by atoms with van der Waals surface area (Å²) in [6, 6.07) is 25.4. The van der Waals surface area contributed by atoms with Gasteiger partial charge in [0.25, 0.3) is 10.0 Å². The molecule has 0 fully saturated rings. The van der Waals surface area contributed by atoms with Crippen molar-refractivity contribution in [1.29, 1.82) is 5.26 Å². The molecule has 136 valence electrons. The van der Waals surface area contributed by atoms with Gasteiger partial charge in [0.05, 0.1) is 16.5 Å². The van der Waals surface area contributed by atoms with Crippen molar-refractivity contribution in [3.05, 3.63) is 90.0 Å². The van der Waals surface area contributed by atoms with Crippen LogP contribution in [0.25, 0.3) is 0 Å². The molecule has 0 spiro atoms. The molecule has 0 aromatic heterocycles. The summed E-state index contributed by atoms with van der Waals surface area (Å²) >= 11 is 1.66. The summed E-state index contributed by atoms with van der Waals surface area (Å²) in [4.78, 5) is 1.24. The van der Waals surface area contributed by atoms with Gasteiger partial charge in [-0.05, 0) is 54.4 Å². The fourth-order valence-electron chi connectivity index (χ4n) is 2.50. The number of aryl methyl sites for hydroxylation is 1. The van der Waals surface area contributed by atoms with E-state index in [1.165, 1.54) is 5.56 Å². The van der Waals surface area contributed by atoms with Crippen LogP contribution >= 0.6 is 11.8 Å². The van der Waals surface area contributed by atoms with Gasteiger partial charge in [0.1, 0.15) is 0 Å². The maximum absolute atomic E-state index is 12.4. The van der Waals surface area contributed by atoms with Crippen molar-refractivity contribution < 1.29 is 8.42 Å². The van der Waals surface area contributed by atoms with E-state index >= 15 is 0 Å². The molecule has 1 N–H and O–H groups in total. The van der Waals surface area contributed by atoms with Crippen molar-refractivity contribution >= 4 is 27.5 Å². The molecular weight excluding hydrogens is 376 g/mol. The summed E-state index contributed by atoms with van der Waals surface area (Å²) in [7, 11) is -3.59. The Morgan fingerprint density at radius 1 is 0.926 bits per heavy atom. The van der Waals surface area contributed by atoms with E-state index in [2.05, 4.69) is 10.8 Å². The van der Waals surface area contributed by atoms with Crippen molar-refractivity contribution in [1.82, 2.24) is 0 Å². The molecule has 0 amide bonds.